The van der Waals surface area contributed by atoms with Gasteiger partial charge in [-0.3, -0.25) is 9.89 Å². The van der Waals surface area contributed by atoms with Crippen LogP contribution < -0.4 is 15.4 Å². The van der Waals surface area contributed by atoms with Crippen LogP contribution in [0, 0.1) is 0 Å². The topological polar surface area (TPSA) is 48.9 Å². The van der Waals surface area contributed by atoms with Gasteiger partial charge in [-0.1, -0.05) is 25.5 Å². The van der Waals surface area contributed by atoms with Gasteiger partial charge in [0.05, 0.1) is 7.11 Å². The fraction of sp³-hybridized carbons (Fsp3) is 0.632. The summed E-state index contributed by atoms with van der Waals surface area (Å²) in [5.74, 6) is 1.74. The van der Waals surface area contributed by atoms with Gasteiger partial charge in [0, 0.05) is 32.7 Å². The largest absolute Gasteiger partial charge is 0.497 e. The van der Waals surface area contributed by atoms with Crippen molar-refractivity contribution >= 4 is 5.96 Å². The number of nitrogens with one attached hydrogen (secondary N) is 2. The summed E-state index contributed by atoms with van der Waals surface area (Å²) in [7, 11) is 3.50. The lowest BCUT2D eigenvalue weighted by Crippen LogP contribution is -2.45. The van der Waals surface area contributed by atoms with Crippen molar-refractivity contribution in [1.29, 1.82) is 0 Å². The zero-order chi connectivity index (χ0) is 17.2. The molecule has 1 aliphatic heterocycles. The highest BCUT2D eigenvalue weighted by Crippen LogP contribution is 2.18. The number of hydrogen-bond acceptors (Lipinski definition) is 3. The van der Waals surface area contributed by atoms with Gasteiger partial charge in [0.25, 0.3) is 0 Å². The first kappa shape index (κ1) is 18.6. The number of likely N-dealkylation sites (tertiary alicyclic amines) is 1. The highest BCUT2D eigenvalue weighted by molar-refractivity contribution is 5.79. The van der Waals surface area contributed by atoms with E-state index >= 15 is 0 Å². The smallest absolute Gasteiger partial charge is 0.191 e. The molecule has 0 bridgehead atoms. The summed E-state index contributed by atoms with van der Waals surface area (Å²) in [6.07, 6.45) is 5.32. The van der Waals surface area contributed by atoms with E-state index in [1.165, 1.54) is 37.8 Å². The fourth-order valence-corrected chi connectivity index (χ4v) is 3.28. The van der Waals surface area contributed by atoms with Gasteiger partial charge in [0.15, 0.2) is 5.96 Å². The van der Waals surface area contributed by atoms with Gasteiger partial charge in [-0.2, -0.15) is 0 Å². The molecule has 5 heteroatoms. The summed E-state index contributed by atoms with van der Waals surface area (Å²) in [4.78, 5) is 6.93. The van der Waals surface area contributed by atoms with E-state index < -0.39 is 0 Å². The molecule has 0 saturated carbocycles. The van der Waals surface area contributed by atoms with Crippen LogP contribution in [0.4, 0.5) is 0 Å². The van der Waals surface area contributed by atoms with Crippen LogP contribution in [-0.4, -0.2) is 50.7 Å². The number of aliphatic imine (C=N–C) groups is 1. The Morgan fingerprint density at radius 2 is 2.04 bits per heavy atom. The van der Waals surface area contributed by atoms with Crippen molar-refractivity contribution in [1.82, 2.24) is 15.5 Å². The summed E-state index contributed by atoms with van der Waals surface area (Å²) in [6, 6.07) is 8.86. The molecule has 1 fully saturated rings. The third-order valence-corrected chi connectivity index (χ3v) is 4.75. The van der Waals surface area contributed by atoms with E-state index in [-0.39, 0.29) is 0 Å². The summed E-state index contributed by atoms with van der Waals surface area (Å²) >= 11 is 0. The molecule has 0 aliphatic carbocycles. The van der Waals surface area contributed by atoms with E-state index in [0.717, 1.165) is 37.4 Å². The monoisotopic (exact) mass is 332 g/mol. The second-order valence-corrected chi connectivity index (χ2v) is 6.29. The van der Waals surface area contributed by atoms with E-state index in [9.17, 15) is 0 Å². The minimum atomic E-state index is 0.755. The molecule has 0 radical (unpaired) electrons. The van der Waals surface area contributed by atoms with E-state index in [2.05, 4.69) is 39.6 Å². The first-order chi connectivity index (χ1) is 11.8. The lowest BCUT2D eigenvalue weighted by atomic mass is 10.0. The maximum Gasteiger partial charge on any atom is 0.191 e. The number of rotatable bonds is 7. The van der Waals surface area contributed by atoms with E-state index in [1.807, 2.05) is 19.2 Å². The van der Waals surface area contributed by atoms with Crippen molar-refractivity contribution in [3.05, 3.63) is 29.8 Å². The molecule has 1 saturated heterocycles. The molecule has 24 heavy (non-hydrogen) atoms. The third kappa shape index (κ3) is 5.71. The van der Waals surface area contributed by atoms with E-state index in [4.69, 9.17) is 4.74 Å². The molecule has 0 amide bonds. The molecule has 0 spiro atoms. The lowest BCUT2D eigenvalue weighted by molar-refractivity contribution is 0.147. The number of benzene rings is 1. The minimum absolute atomic E-state index is 0.755. The Kier molecular flexibility index (Phi) is 7.89. The SMILES string of the molecule is CCC1CCCCN1CCNC(=NC)NCc1ccc(OC)cc1. The van der Waals surface area contributed by atoms with Gasteiger partial charge in [-0.05, 0) is 43.5 Å². The summed E-state index contributed by atoms with van der Waals surface area (Å²) in [5, 5.41) is 6.79. The predicted octanol–water partition coefficient (Wildman–Crippen LogP) is 2.62. The molecular weight excluding hydrogens is 300 g/mol. The van der Waals surface area contributed by atoms with Crippen molar-refractivity contribution in [2.45, 2.75) is 45.2 Å². The van der Waals surface area contributed by atoms with Gasteiger partial charge in [-0.25, -0.2) is 0 Å². The molecular formula is C19H32N4O. The Labute approximate surface area is 146 Å². The van der Waals surface area contributed by atoms with E-state index in [1.54, 1.807) is 7.11 Å². The van der Waals surface area contributed by atoms with Crippen LogP contribution in [0.25, 0.3) is 0 Å². The standard InChI is InChI=1S/C19H32N4O/c1-4-17-7-5-6-13-23(17)14-12-21-19(20-2)22-15-16-8-10-18(24-3)11-9-16/h8-11,17H,4-7,12-15H2,1-3H3,(H2,20,21,22). The molecule has 1 aromatic carbocycles. The number of nitrogens with zero attached hydrogens (tertiary/aromatic N) is 2. The van der Waals surface area contributed by atoms with Crippen molar-refractivity contribution in [3.63, 3.8) is 0 Å². The quantitative estimate of drug-likeness (QED) is 0.595. The summed E-state index contributed by atoms with van der Waals surface area (Å²) in [6.45, 7) is 6.30. The Morgan fingerprint density at radius 1 is 1.25 bits per heavy atom. The Balaban J connectivity index is 1.71. The highest BCUT2D eigenvalue weighted by Gasteiger charge is 2.19. The molecule has 1 unspecified atom stereocenters. The molecule has 0 aromatic heterocycles. The van der Waals surface area contributed by atoms with Crippen LogP contribution in [0.5, 0.6) is 5.75 Å². The van der Waals surface area contributed by atoms with Crippen LogP contribution in [0.15, 0.2) is 29.3 Å². The van der Waals surface area contributed by atoms with Gasteiger partial charge < -0.3 is 15.4 Å². The zero-order valence-corrected chi connectivity index (χ0v) is 15.3. The first-order valence-electron chi connectivity index (χ1n) is 9.08. The second-order valence-electron chi connectivity index (χ2n) is 6.29. The Hall–Kier alpha value is -1.75. The maximum atomic E-state index is 5.18. The number of guanidine groups is 1. The number of piperidine rings is 1. The molecule has 1 aliphatic rings. The zero-order valence-electron chi connectivity index (χ0n) is 15.3. The molecule has 5 nitrogen and oxygen atoms in total. The average molecular weight is 332 g/mol. The van der Waals surface area contributed by atoms with Crippen molar-refractivity contribution in [3.8, 4) is 5.75 Å². The van der Waals surface area contributed by atoms with Crippen LogP contribution in [-0.2, 0) is 6.54 Å². The molecule has 1 atom stereocenters. The summed E-state index contributed by atoms with van der Waals surface area (Å²) < 4.78 is 5.18. The normalized spacial score (nSPS) is 19.1. The first-order valence-corrected chi connectivity index (χ1v) is 9.08. The number of ether oxygens (including phenoxy) is 1. The van der Waals surface area contributed by atoms with Gasteiger partial charge in [0.1, 0.15) is 5.75 Å². The lowest BCUT2D eigenvalue weighted by Gasteiger charge is -2.35. The van der Waals surface area contributed by atoms with Crippen molar-refractivity contribution in [2.24, 2.45) is 4.99 Å². The Bertz CT molecular complexity index is 501. The van der Waals surface area contributed by atoms with Crippen LogP contribution >= 0.6 is 0 Å². The predicted molar refractivity (Wildman–Crippen MR) is 101 cm³/mol. The van der Waals surface area contributed by atoms with Crippen molar-refractivity contribution in [2.75, 3.05) is 33.8 Å². The van der Waals surface area contributed by atoms with Crippen molar-refractivity contribution < 1.29 is 4.74 Å². The fourth-order valence-electron chi connectivity index (χ4n) is 3.28. The van der Waals surface area contributed by atoms with E-state index in [0.29, 0.717) is 0 Å². The van der Waals surface area contributed by atoms with Crippen LogP contribution in [0.1, 0.15) is 38.2 Å². The molecule has 2 N–H and O–H groups in total. The number of hydrogen-bond donors (Lipinski definition) is 2. The van der Waals surface area contributed by atoms with Gasteiger partial charge in [0.2, 0.25) is 0 Å². The maximum absolute atomic E-state index is 5.18. The molecule has 2 rings (SSSR count). The van der Waals surface area contributed by atoms with Gasteiger partial charge in [-0.15, -0.1) is 0 Å². The Morgan fingerprint density at radius 3 is 2.71 bits per heavy atom. The average Bonchev–Trinajstić information content (AvgIpc) is 2.65. The van der Waals surface area contributed by atoms with Gasteiger partial charge >= 0.3 is 0 Å². The second kappa shape index (κ2) is 10.2. The molecule has 1 aromatic rings. The highest BCUT2D eigenvalue weighted by atomic mass is 16.5. The van der Waals surface area contributed by atoms with Crippen LogP contribution in [0.2, 0.25) is 0 Å². The number of methoxy groups -OCH3 is 1. The minimum Gasteiger partial charge on any atom is -0.497 e. The summed E-state index contributed by atoms with van der Waals surface area (Å²) in [5.41, 5.74) is 1.21. The third-order valence-electron chi connectivity index (χ3n) is 4.75. The molecule has 1 heterocycles. The molecule has 134 valence electrons. The van der Waals surface area contributed by atoms with Crippen LogP contribution in [0.3, 0.4) is 0 Å².